The Hall–Kier alpha value is -4.66. The lowest BCUT2D eigenvalue weighted by atomic mass is 9.86. The van der Waals surface area contributed by atoms with Gasteiger partial charge in [-0.2, -0.15) is 31.4 Å². The molecule has 0 spiro atoms. The van der Waals surface area contributed by atoms with Gasteiger partial charge < -0.3 is 10.6 Å². The number of carbonyl (C=O) groups is 2. The highest BCUT2D eigenvalue weighted by Crippen LogP contribution is 2.54. The number of amides is 3. The summed E-state index contributed by atoms with van der Waals surface area (Å²) in [5.74, 6) is -3.58. The molecule has 1 saturated carbocycles. The van der Waals surface area contributed by atoms with Gasteiger partial charge in [0.1, 0.15) is 11.6 Å². The van der Waals surface area contributed by atoms with Crippen molar-refractivity contribution < 1.29 is 44.7 Å². The van der Waals surface area contributed by atoms with Crippen molar-refractivity contribution in [1.29, 1.82) is 0 Å². The van der Waals surface area contributed by atoms with Crippen LogP contribution in [-0.4, -0.2) is 28.7 Å². The molecule has 7 nitrogen and oxygen atoms in total. The number of aromatic nitrogens is 2. The number of nitrogens with one attached hydrogen (secondary N) is 3. The number of nitrogens with zero attached hydrogens (tertiary/aromatic N) is 2. The Kier molecular flexibility index (Phi) is 7.04. The molecule has 3 heterocycles. The third-order valence-corrected chi connectivity index (χ3v) is 8.77. The predicted octanol–water partition coefficient (Wildman–Crippen LogP) is 8.35. The fourth-order valence-corrected chi connectivity index (χ4v) is 6.49. The molecule has 1 aliphatic carbocycles. The number of aromatic amines is 1. The first-order valence-corrected chi connectivity index (χ1v) is 14.6. The molecule has 16 heteroatoms. The van der Waals surface area contributed by atoms with Crippen molar-refractivity contribution in [1.82, 2.24) is 15.5 Å². The van der Waals surface area contributed by atoms with Gasteiger partial charge in [0, 0.05) is 51.1 Å². The van der Waals surface area contributed by atoms with Gasteiger partial charge in [-0.25, -0.2) is 13.6 Å². The minimum Gasteiger partial charge on any atom is -0.327 e. The molecule has 3 amide bonds. The summed E-state index contributed by atoms with van der Waals surface area (Å²) in [4.78, 5) is 28.2. The summed E-state index contributed by atoms with van der Waals surface area (Å²) in [6.45, 7) is 0.0268. The van der Waals surface area contributed by atoms with Crippen LogP contribution in [0, 0.1) is 11.6 Å². The van der Waals surface area contributed by atoms with Crippen LogP contribution in [-0.2, 0) is 18.8 Å². The molecule has 0 radical (unpaired) electrons. The molecule has 47 heavy (non-hydrogen) atoms. The van der Waals surface area contributed by atoms with E-state index in [1.807, 2.05) is 0 Å². The largest absolute Gasteiger partial charge is 0.435 e. The maximum atomic E-state index is 14.5. The molecule has 1 atom stereocenters. The van der Waals surface area contributed by atoms with Crippen LogP contribution >= 0.6 is 11.6 Å². The van der Waals surface area contributed by atoms with Crippen LogP contribution in [0.25, 0.3) is 11.1 Å². The number of alkyl halides is 6. The number of halogens is 9. The molecule has 244 valence electrons. The molecule has 1 aromatic heterocycles. The summed E-state index contributed by atoms with van der Waals surface area (Å²) < 4.78 is 112. The second-order valence-electron chi connectivity index (χ2n) is 11.5. The molecular weight excluding hydrogens is 662 g/mol. The van der Waals surface area contributed by atoms with Gasteiger partial charge in [0.05, 0.1) is 17.3 Å². The van der Waals surface area contributed by atoms with E-state index in [2.05, 4.69) is 20.8 Å². The molecule has 4 aromatic rings. The van der Waals surface area contributed by atoms with Crippen LogP contribution in [0.2, 0.25) is 5.02 Å². The summed E-state index contributed by atoms with van der Waals surface area (Å²) >= 11 is 6.41. The zero-order valence-electron chi connectivity index (χ0n) is 23.6. The Morgan fingerprint density at radius 1 is 0.979 bits per heavy atom. The summed E-state index contributed by atoms with van der Waals surface area (Å²) in [5.41, 5.74) is -3.16. The summed E-state index contributed by atoms with van der Waals surface area (Å²) in [6.07, 6.45) is -8.64. The Labute approximate surface area is 264 Å². The number of hydrogen-bond acceptors (Lipinski definition) is 3. The van der Waals surface area contributed by atoms with Crippen LogP contribution in [0.5, 0.6) is 0 Å². The Morgan fingerprint density at radius 3 is 2.40 bits per heavy atom. The summed E-state index contributed by atoms with van der Waals surface area (Å²) in [7, 11) is 0. The van der Waals surface area contributed by atoms with Gasteiger partial charge in [0.2, 0.25) is 0 Å². The molecule has 7 rings (SSSR count). The van der Waals surface area contributed by atoms with E-state index in [-0.39, 0.29) is 69.3 Å². The average Bonchev–Trinajstić information content (AvgIpc) is 3.56. The SMILES string of the molecule is O=C(Nc1cc(-c2c(C(F)(F)F)n[nH]c2C2CC2)c2c3c1C(c1cc(F)ccc1Cl)NC(=O)N3CC2)c1cc(F)cc(C(F)(F)F)c1. The van der Waals surface area contributed by atoms with Crippen LogP contribution in [0.3, 0.4) is 0 Å². The zero-order chi connectivity index (χ0) is 33.6. The third-order valence-electron chi connectivity index (χ3n) is 8.42. The van der Waals surface area contributed by atoms with E-state index in [1.54, 1.807) is 0 Å². The van der Waals surface area contributed by atoms with Gasteiger partial charge in [0.25, 0.3) is 5.91 Å². The van der Waals surface area contributed by atoms with Crippen LogP contribution in [0.4, 0.5) is 51.3 Å². The molecule has 3 N–H and O–H groups in total. The lowest BCUT2D eigenvalue weighted by Gasteiger charge is -2.35. The molecule has 1 fully saturated rings. The Bertz CT molecular complexity index is 1990. The number of rotatable bonds is 5. The summed E-state index contributed by atoms with van der Waals surface area (Å²) in [5, 5.41) is 11.2. The average molecular weight is 682 g/mol. The topological polar surface area (TPSA) is 90.1 Å². The van der Waals surface area contributed by atoms with Crippen molar-refractivity contribution in [2.24, 2.45) is 0 Å². The molecule has 3 aliphatic rings. The van der Waals surface area contributed by atoms with Crippen molar-refractivity contribution in [3.05, 3.63) is 98.3 Å². The first kappa shape index (κ1) is 31.0. The lowest BCUT2D eigenvalue weighted by molar-refractivity contribution is -0.140. The first-order chi connectivity index (χ1) is 22.1. The first-order valence-electron chi connectivity index (χ1n) is 14.2. The normalized spacial score (nSPS) is 17.5. The predicted molar refractivity (Wildman–Crippen MR) is 153 cm³/mol. The van der Waals surface area contributed by atoms with Gasteiger partial charge in [-0.1, -0.05) is 11.6 Å². The second kappa shape index (κ2) is 10.7. The van der Waals surface area contributed by atoms with E-state index < -0.39 is 58.8 Å². The highest BCUT2D eigenvalue weighted by Gasteiger charge is 2.45. The van der Waals surface area contributed by atoms with E-state index in [4.69, 9.17) is 11.6 Å². The Balaban J connectivity index is 1.49. The van der Waals surface area contributed by atoms with Crippen molar-refractivity contribution >= 4 is 34.9 Å². The van der Waals surface area contributed by atoms with Crippen molar-refractivity contribution in [2.45, 2.75) is 43.6 Å². The van der Waals surface area contributed by atoms with E-state index in [9.17, 15) is 44.7 Å². The minimum atomic E-state index is -5.00. The van der Waals surface area contributed by atoms with E-state index >= 15 is 0 Å². The second-order valence-corrected chi connectivity index (χ2v) is 11.9. The van der Waals surface area contributed by atoms with Crippen LogP contribution in [0.15, 0.2) is 42.5 Å². The quantitative estimate of drug-likeness (QED) is 0.185. The third kappa shape index (κ3) is 5.35. The fourth-order valence-electron chi connectivity index (χ4n) is 6.27. The lowest BCUT2D eigenvalue weighted by Crippen LogP contribution is -2.46. The van der Waals surface area contributed by atoms with E-state index in [1.165, 1.54) is 17.0 Å². The molecular formula is C31H20ClF8N5O2. The standard InChI is InChI=1S/C31H20ClF8N5O2/c32-20-4-3-15(33)10-19(20)25-23-21(41-28(46)13-7-14(30(35,36)37)9-16(34)8-13)11-18(17-5-6-45(26(17)23)29(47)42-25)22-24(12-1-2-12)43-44-27(22)31(38,39)40/h3-4,7-12,25H,1-2,5-6H2,(H,41,46)(H,42,47)(H,43,44). The summed E-state index contributed by atoms with van der Waals surface area (Å²) in [6, 6.07) is 3.83. The zero-order valence-corrected chi connectivity index (χ0v) is 24.4. The fraction of sp³-hybridized carbons (Fsp3) is 0.258. The van der Waals surface area contributed by atoms with Crippen molar-refractivity contribution in [3.8, 4) is 11.1 Å². The molecule has 2 aliphatic heterocycles. The minimum absolute atomic E-state index is 0.00316. The highest BCUT2D eigenvalue weighted by molar-refractivity contribution is 6.31. The highest BCUT2D eigenvalue weighted by atomic mass is 35.5. The van der Waals surface area contributed by atoms with E-state index in [0.29, 0.717) is 30.5 Å². The molecule has 3 aromatic carbocycles. The molecule has 0 saturated heterocycles. The van der Waals surface area contributed by atoms with Crippen molar-refractivity contribution in [2.75, 3.05) is 16.8 Å². The van der Waals surface area contributed by atoms with Crippen LogP contribution < -0.4 is 15.5 Å². The number of anilines is 2. The molecule has 1 unspecified atom stereocenters. The number of benzene rings is 3. The maximum absolute atomic E-state index is 14.5. The number of hydrogen-bond donors (Lipinski definition) is 3. The van der Waals surface area contributed by atoms with Crippen LogP contribution in [0.1, 0.15) is 68.8 Å². The van der Waals surface area contributed by atoms with E-state index in [0.717, 1.165) is 12.1 Å². The molecule has 0 bridgehead atoms. The van der Waals surface area contributed by atoms with Gasteiger partial charge in [0.15, 0.2) is 5.69 Å². The smallest absolute Gasteiger partial charge is 0.327 e. The van der Waals surface area contributed by atoms with Gasteiger partial charge in [-0.05, 0) is 72.9 Å². The number of urea groups is 1. The van der Waals surface area contributed by atoms with Gasteiger partial charge >= 0.3 is 18.4 Å². The van der Waals surface area contributed by atoms with Gasteiger partial charge in [-0.3, -0.25) is 14.8 Å². The maximum Gasteiger partial charge on any atom is 0.435 e. The van der Waals surface area contributed by atoms with Gasteiger partial charge in [-0.15, -0.1) is 0 Å². The monoisotopic (exact) mass is 681 g/mol. The Morgan fingerprint density at radius 2 is 1.72 bits per heavy atom. The van der Waals surface area contributed by atoms with Crippen molar-refractivity contribution in [3.63, 3.8) is 0 Å². The number of carbonyl (C=O) groups excluding carboxylic acids is 2. The number of H-pyrrole nitrogens is 1.